The lowest BCUT2D eigenvalue weighted by atomic mass is 9.50. The van der Waals surface area contributed by atoms with Gasteiger partial charge < -0.3 is 4.74 Å². The van der Waals surface area contributed by atoms with Crippen LogP contribution in [0.3, 0.4) is 0 Å². The zero-order valence-corrected chi connectivity index (χ0v) is 15.3. The van der Waals surface area contributed by atoms with E-state index in [0.717, 1.165) is 18.8 Å². The van der Waals surface area contributed by atoms with Gasteiger partial charge in [-0.05, 0) is 68.6 Å². The van der Waals surface area contributed by atoms with E-state index >= 15 is 0 Å². The fourth-order valence-corrected chi connectivity index (χ4v) is 5.36. The highest BCUT2D eigenvalue weighted by atomic mass is 16.5. The zero-order valence-electron chi connectivity index (χ0n) is 15.3. The van der Waals surface area contributed by atoms with Gasteiger partial charge in [0.05, 0.1) is 7.11 Å². The van der Waals surface area contributed by atoms with Crippen LogP contribution in [-0.2, 0) is 9.53 Å². The summed E-state index contributed by atoms with van der Waals surface area (Å²) in [6, 6.07) is 0. The van der Waals surface area contributed by atoms with Gasteiger partial charge in [0.25, 0.3) is 0 Å². The van der Waals surface area contributed by atoms with Crippen LogP contribution in [0.15, 0.2) is 11.1 Å². The maximum absolute atomic E-state index is 11.3. The molecule has 0 saturated heterocycles. The Hall–Kier alpha value is -0.790. The summed E-state index contributed by atoms with van der Waals surface area (Å²) in [7, 11) is 1.48. The SMILES string of the molecule is COC(=O)CCCCC1=C(C)CC[C@@H]2C(C)(C)CCC[C@@]12C. The third-order valence-corrected chi connectivity index (χ3v) is 6.53. The van der Waals surface area contributed by atoms with Crippen molar-refractivity contribution in [2.24, 2.45) is 16.7 Å². The number of unbranched alkanes of at least 4 members (excludes halogenated alkanes) is 1. The van der Waals surface area contributed by atoms with Crippen LogP contribution in [0.1, 0.15) is 85.5 Å². The third-order valence-electron chi connectivity index (χ3n) is 6.53. The van der Waals surface area contributed by atoms with Gasteiger partial charge in [0.2, 0.25) is 0 Å². The maximum Gasteiger partial charge on any atom is 0.305 e. The number of fused-ring (bicyclic) bond motifs is 1. The fraction of sp³-hybridized carbons (Fsp3) is 0.850. The summed E-state index contributed by atoms with van der Waals surface area (Å²) in [6.45, 7) is 9.82. The van der Waals surface area contributed by atoms with Crippen molar-refractivity contribution in [3.05, 3.63) is 11.1 Å². The smallest absolute Gasteiger partial charge is 0.305 e. The molecule has 1 fully saturated rings. The molecule has 0 unspecified atom stereocenters. The first kappa shape index (κ1) is 17.6. The second-order valence-corrected chi connectivity index (χ2v) is 8.39. The third kappa shape index (κ3) is 3.41. The molecule has 2 aliphatic carbocycles. The molecule has 2 heteroatoms. The molecule has 0 aromatic heterocycles. The first-order chi connectivity index (χ1) is 10.3. The molecule has 0 aromatic rings. The van der Waals surface area contributed by atoms with Crippen molar-refractivity contribution in [2.45, 2.75) is 85.5 Å². The number of carbonyl (C=O) groups excluding carboxylic acids is 1. The van der Waals surface area contributed by atoms with Crippen molar-refractivity contribution >= 4 is 5.97 Å². The molecule has 2 rings (SSSR count). The fourth-order valence-electron chi connectivity index (χ4n) is 5.36. The molecule has 2 nitrogen and oxygen atoms in total. The number of hydrogen-bond acceptors (Lipinski definition) is 2. The minimum atomic E-state index is -0.0720. The maximum atomic E-state index is 11.3. The van der Waals surface area contributed by atoms with Crippen LogP contribution in [0, 0.1) is 16.7 Å². The Balaban J connectivity index is 2.06. The van der Waals surface area contributed by atoms with E-state index in [1.165, 1.54) is 45.6 Å². The van der Waals surface area contributed by atoms with Gasteiger partial charge in [-0.1, -0.05) is 38.3 Å². The number of esters is 1. The lowest BCUT2D eigenvalue weighted by Crippen LogP contribution is -2.45. The van der Waals surface area contributed by atoms with Crippen molar-refractivity contribution in [3.8, 4) is 0 Å². The zero-order chi connectivity index (χ0) is 16.4. The molecule has 0 N–H and O–H groups in total. The molecule has 0 aromatic carbocycles. The van der Waals surface area contributed by atoms with Crippen LogP contribution < -0.4 is 0 Å². The summed E-state index contributed by atoms with van der Waals surface area (Å²) in [5.41, 5.74) is 4.23. The topological polar surface area (TPSA) is 26.3 Å². The summed E-state index contributed by atoms with van der Waals surface area (Å²) >= 11 is 0. The van der Waals surface area contributed by atoms with Crippen LogP contribution in [0.2, 0.25) is 0 Å². The number of hydrogen-bond donors (Lipinski definition) is 0. The Bertz CT molecular complexity index is 447. The van der Waals surface area contributed by atoms with Crippen LogP contribution in [0.4, 0.5) is 0 Å². The molecule has 22 heavy (non-hydrogen) atoms. The van der Waals surface area contributed by atoms with Crippen molar-refractivity contribution in [1.29, 1.82) is 0 Å². The first-order valence-corrected chi connectivity index (χ1v) is 9.07. The summed E-state index contributed by atoms with van der Waals surface area (Å²) in [5, 5.41) is 0. The predicted octanol–water partition coefficient (Wildman–Crippen LogP) is 5.66. The quantitative estimate of drug-likeness (QED) is 0.372. The summed E-state index contributed by atoms with van der Waals surface area (Å²) < 4.78 is 4.75. The summed E-state index contributed by atoms with van der Waals surface area (Å²) in [4.78, 5) is 11.3. The monoisotopic (exact) mass is 306 g/mol. The molecule has 0 amide bonds. The van der Waals surface area contributed by atoms with Crippen molar-refractivity contribution in [2.75, 3.05) is 7.11 Å². The molecule has 0 bridgehead atoms. The molecular weight excluding hydrogens is 272 g/mol. The number of methoxy groups -OCH3 is 1. The highest BCUT2D eigenvalue weighted by Gasteiger charge is 2.49. The Morgan fingerprint density at radius 3 is 2.64 bits per heavy atom. The van der Waals surface area contributed by atoms with E-state index in [1.54, 1.807) is 11.1 Å². The average molecular weight is 306 g/mol. The molecule has 2 aliphatic rings. The molecule has 0 spiro atoms. The molecule has 0 radical (unpaired) electrons. The van der Waals surface area contributed by atoms with Gasteiger partial charge >= 0.3 is 5.97 Å². The van der Waals surface area contributed by atoms with E-state index in [-0.39, 0.29) is 5.97 Å². The first-order valence-electron chi connectivity index (χ1n) is 9.07. The van der Waals surface area contributed by atoms with Crippen molar-refractivity contribution in [3.63, 3.8) is 0 Å². The largest absolute Gasteiger partial charge is 0.469 e. The van der Waals surface area contributed by atoms with Crippen molar-refractivity contribution < 1.29 is 9.53 Å². The van der Waals surface area contributed by atoms with Crippen LogP contribution in [-0.4, -0.2) is 13.1 Å². The second kappa shape index (κ2) is 6.76. The molecular formula is C20H34O2. The van der Waals surface area contributed by atoms with E-state index in [9.17, 15) is 4.79 Å². The minimum absolute atomic E-state index is 0.0720. The van der Waals surface area contributed by atoms with Crippen LogP contribution in [0.5, 0.6) is 0 Å². The van der Waals surface area contributed by atoms with Crippen LogP contribution in [0.25, 0.3) is 0 Å². The average Bonchev–Trinajstić information content (AvgIpc) is 2.44. The molecule has 2 atom stereocenters. The summed E-state index contributed by atoms with van der Waals surface area (Å²) in [6.07, 6.45) is 10.5. The van der Waals surface area contributed by atoms with Gasteiger partial charge in [0.15, 0.2) is 0 Å². The Labute approximate surface area is 136 Å². The lowest BCUT2D eigenvalue weighted by Gasteiger charge is -2.55. The van der Waals surface area contributed by atoms with Crippen LogP contribution >= 0.6 is 0 Å². The Kier molecular flexibility index (Phi) is 5.40. The Morgan fingerprint density at radius 1 is 1.23 bits per heavy atom. The highest BCUT2D eigenvalue weighted by Crippen LogP contribution is 2.60. The van der Waals surface area contributed by atoms with E-state index in [0.29, 0.717) is 17.3 Å². The number of carbonyl (C=O) groups is 1. The number of allylic oxidation sites excluding steroid dienone is 2. The standard InChI is InChI=1S/C20H34O2/c1-15-11-12-17-19(2,3)13-8-14-20(17,4)16(15)9-6-7-10-18(21)22-5/h17H,6-14H2,1-5H3/t17-,20+/m1/s1. The van der Waals surface area contributed by atoms with Gasteiger partial charge in [0, 0.05) is 6.42 Å². The van der Waals surface area contributed by atoms with E-state index in [1.807, 2.05) is 0 Å². The minimum Gasteiger partial charge on any atom is -0.469 e. The second-order valence-electron chi connectivity index (χ2n) is 8.39. The highest BCUT2D eigenvalue weighted by molar-refractivity contribution is 5.68. The van der Waals surface area contributed by atoms with Gasteiger partial charge in [-0.3, -0.25) is 4.79 Å². The molecule has 0 heterocycles. The molecule has 126 valence electrons. The number of ether oxygens (including phenoxy) is 1. The normalized spacial score (nSPS) is 30.9. The van der Waals surface area contributed by atoms with Gasteiger partial charge in [-0.15, -0.1) is 0 Å². The molecule has 1 saturated carbocycles. The lowest BCUT2D eigenvalue weighted by molar-refractivity contribution is -0.140. The number of rotatable bonds is 5. The predicted molar refractivity (Wildman–Crippen MR) is 91.6 cm³/mol. The van der Waals surface area contributed by atoms with Gasteiger partial charge in [-0.2, -0.15) is 0 Å². The van der Waals surface area contributed by atoms with E-state index < -0.39 is 0 Å². The summed E-state index contributed by atoms with van der Waals surface area (Å²) in [5.74, 6) is 0.755. The van der Waals surface area contributed by atoms with E-state index in [2.05, 4.69) is 27.7 Å². The molecule has 0 aliphatic heterocycles. The van der Waals surface area contributed by atoms with Gasteiger partial charge in [0.1, 0.15) is 0 Å². The van der Waals surface area contributed by atoms with Gasteiger partial charge in [-0.25, -0.2) is 0 Å². The van der Waals surface area contributed by atoms with E-state index in [4.69, 9.17) is 4.74 Å². The Morgan fingerprint density at radius 2 is 1.95 bits per heavy atom. The van der Waals surface area contributed by atoms with Crippen molar-refractivity contribution in [1.82, 2.24) is 0 Å².